The van der Waals surface area contributed by atoms with E-state index in [1.54, 1.807) is 0 Å². The summed E-state index contributed by atoms with van der Waals surface area (Å²) in [4.78, 5) is 24.2. The highest BCUT2D eigenvalue weighted by atomic mass is 16.4. The molecule has 128 valence electrons. The van der Waals surface area contributed by atoms with Gasteiger partial charge in [-0.05, 0) is 61.6 Å². The number of furan rings is 1. The lowest BCUT2D eigenvalue weighted by molar-refractivity contribution is -0.146. The molecule has 1 amide bonds. The van der Waals surface area contributed by atoms with Gasteiger partial charge in [0.1, 0.15) is 11.5 Å². The number of amides is 1. The molecule has 2 N–H and O–H groups in total. The highest BCUT2D eigenvalue weighted by molar-refractivity contribution is 5.96. The first-order valence-corrected chi connectivity index (χ1v) is 8.42. The number of anilines is 1. The third-order valence-electron chi connectivity index (χ3n) is 5.22. The average Bonchev–Trinajstić information content (AvgIpc) is 3.30. The lowest BCUT2D eigenvalue weighted by atomic mass is 9.82. The zero-order valence-electron chi connectivity index (χ0n) is 13.8. The van der Waals surface area contributed by atoms with Crippen LogP contribution in [0.3, 0.4) is 0 Å². The maximum Gasteiger partial charge on any atom is 0.307 e. The maximum atomic E-state index is 12.7. The number of hydrogen-bond acceptors (Lipinski definition) is 3. The molecule has 25 heavy (non-hydrogen) atoms. The van der Waals surface area contributed by atoms with E-state index in [0.717, 1.165) is 23.5 Å². The number of allylic oxidation sites excluding steroid dienone is 2. The van der Waals surface area contributed by atoms with Gasteiger partial charge in [0, 0.05) is 11.3 Å². The summed E-state index contributed by atoms with van der Waals surface area (Å²) in [5.74, 6) is -0.609. The first-order chi connectivity index (χ1) is 12.0. The molecule has 1 saturated carbocycles. The van der Waals surface area contributed by atoms with Gasteiger partial charge in [-0.25, -0.2) is 0 Å². The molecule has 1 aromatic carbocycles. The molecule has 5 nitrogen and oxygen atoms in total. The standard InChI is InChI=1S/C20H19NO4/c1-11-2-9-16(25-11)12-5-7-15(8-6-12)21-19(22)17-13-3-4-14(10-13)18(17)20(23)24/h2-9,13-14,17-18H,10H2,1H3,(H,21,22)(H,23,24)/t13-,14+,17?,18?/m1/s1. The Labute approximate surface area is 145 Å². The molecule has 2 aliphatic carbocycles. The number of rotatable bonds is 4. The van der Waals surface area contributed by atoms with Crippen molar-refractivity contribution in [1.82, 2.24) is 0 Å². The van der Waals surface area contributed by atoms with Gasteiger partial charge in [-0.15, -0.1) is 0 Å². The number of aliphatic carboxylic acids is 1. The van der Waals surface area contributed by atoms with Crippen LogP contribution >= 0.6 is 0 Å². The lowest BCUT2D eigenvalue weighted by Crippen LogP contribution is -2.36. The van der Waals surface area contributed by atoms with Crippen molar-refractivity contribution in [2.75, 3.05) is 5.32 Å². The number of fused-ring (bicyclic) bond motifs is 2. The lowest BCUT2D eigenvalue weighted by Gasteiger charge is -2.23. The molecule has 2 aliphatic rings. The second-order valence-corrected chi connectivity index (χ2v) is 6.82. The molecule has 2 unspecified atom stereocenters. The van der Waals surface area contributed by atoms with E-state index in [2.05, 4.69) is 5.32 Å². The van der Waals surface area contributed by atoms with Gasteiger partial charge >= 0.3 is 5.97 Å². The Kier molecular flexibility index (Phi) is 3.71. The van der Waals surface area contributed by atoms with Crippen molar-refractivity contribution in [1.29, 1.82) is 0 Å². The topological polar surface area (TPSA) is 79.5 Å². The number of hydrogen-bond donors (Lipinski definition) is 2. The van der Waals surface area contributed by atoms with Crippen LogP contribution in [-0.4, -0.2) is 17.0 Å². The molecule has 0 radical (unpaired) electrons. The Balaban J connectivity index is 1.49. The molecule has 0 spiro atoms. The highest BCUT2D eigenvalue weighted by Crippen LogP contribution is 2.48. The van der Waals surface area contributed by atoms with Crippen molar-refractivity contribution >= 4 is 17.6 Å². The Morgan fingerprint density at radius 2 is 1.72 bits per heavy atom. The van der Waals surface area contributed by atoms with E-state index >= 15 is 0 Å². The van der Waals surface area contributed by atoms with Crippen LogP contribution in [0.1, 0.15) is 12.2 Å². The van der Waals surface area contributed by atoms with Crippen LogP contribution in [0.15, 0.2) is 53.0 Å². The van der Waals surface area contributed by atoms with Gasteiger partial charge in [0.05, 0.1) is 11.8 Å². The normalized spacial score (nSPS) is 26.8. The van der Waals surface area contributed by atoms with Crippen molar-refractivity contribution in [2.45, 2.75) is 13.3 Å². The van der Waals surface area contributed by atoms with Crippen molar-refractivity contribution in [3.8, 4) is 11.3 Å². The number of carbonyl (C=O) groups is 2. The van der Waals surface area contributed by atoms with E-state index in [-0.39, 0.29) is 17.7 Å². The predicted octanol–water partition coefficient (Wildman–Crippen LogP) is 3.72. The van der Waals surface area contributed by atoms with Gasteiger partial charge in [0.15, 0.2) is 0 Å². The molecule has 1 aromatic heterocycles. The number of nitrogens with one attached hydrogen (secondary N) is 1. The van der Waals surface area contributed by atoms with Gasteiger partial charge in [0.25, 0.3) is 0 Å². The van der Waals surface area contributed by atoms with E-state index in [1.165, 1.54) is 0 Å². The zero-order valence-corrected chi connectivity index (χ0v) is 13.8. The summed E-state index contributed by atoms with van der Waals surface area (Å²) >= 11 is 0. The smallest absolute Gasteiger partial charge is 0.307 e. The quantitative estimate of drug-likeness (QED) is 0.834. The zero-order chi connectivity index (χ0) is 17.6. The largest absolute Gasteiger partial charge is 0.481 e. The number of carboxylic acid groups (broad SMARTS) is 1. The molecular weight excluding hydrogens is 318 g/mol. The number of carboxylic acids is 1. The Morgan fingerprint density at radius 3 is 2.32 bits per heavy atom. The third-order valence-corrected chi connectivity index (χ3v) is 5.22. The Bertz CT molecular complexity index is 849. The third kappa shape index (κ3) is 2.76. The fourth-order valence-corrected chi connectivity index (χ4v) is 4.05. The van der Waals surface area contributed by atoms with Crippen molar-refractivity contribution in [3.05, 3.63) is 54.3 Å². The average molecular weight is 337 g/mol. The van der Waals surface area contributed by atoms with Crippen LogP contribution < -0.4 is 5.32 Å². The van der Waals surface area contributed by atoms with Gasteiger partial charge in [-0.1, -0.05) is 12.2 Å². The van der Waals surface area contributed by atoms with Crippen LogP contribution in [0.5, 0.6) is 0 Å². The molecular formula is C20H19NO4. The number of aryl methyl sites for hydroxylation is 1. The number of benzene rings is 1. The minimum atomic E-state index is -0.888. The minimum absolute atomic E-state index is 0.0245. The molecule has 2 bridgehead atoms. The Hall–Kier alpha value is -2.82. The summed E-state index contributed by atoms with van der Waals surface area (Å²) in [6, 6.07) is 11.2. The van der Waals surface area contributed by atoms with Crippen LogP contribution in [0.4, 0.5) is 5.69 Å². The minimum Gasteiger partial charge on any atom is -0.481 e. The van der Waals surface area contributed by atoms with E-state index in [4.69, 9.17) is 4.42 Å². The summed E-state index contributed by atoms with van der Waals surface area (Å²) < 4.78 is 5.59. The first-order valence-electron chi connectivity index (χ1n) is 8.42. The second kappa shape index (κ2) is 5.92. The van der Waals surface area contributed by atoms with Crippen LogP contribution in [0.2, 0.25) is 0 Å². The SMILES string of the molecule is Cc1ccc(-c2ccc(NC(=O)C3C(C(=O)O)[C@H]4C=C[C@@H]3C4)cc2)o1. The molecule has 4 atom stereocenters. The maximum absolute atomic E-state index is 12.7. The molecule has 0 aliphatic heterocycles. The van der Waals surface area contributed by atoms with Gasteiger partial charge in [-0.3, -0.25) is 9.59 Å². The van der Waals surface area contributed by atoms with E-state index in [1.807, 2.05) is 55.5 Å². The summed E-state index contributed by atoms with van der Waals surface area (Å²) in [6.45, 7) is 1.89. The second-order valence-electron chi connectivity index (χ2n) is 6.82. The van der Waals surface area contributed by atoms with Crippen LogP contribution in [0.25, 0.3) is 11.3 Å². The van der Waals surface area contributed by atoms with Crippen molar-refractivity contribution < 1.29 is 19.1 Å². The summed E-state index contributed by atoms with van der Waals surface area (Å²) in [5.41, 5.74) is 1.59. The van der Waals surface area contributed by atoms with Gasteiger partial charge in [-0.2, -0.15) is 0 Å². The number of carbonyl (C=O) groups excluding carboxylic acids is 1. The summed E-state index contributed by atoms with van der Waals surface area (Å²) in [6.07, 6.45) is 4.68. The molecule has 2 aromatic rings. The van der Waals surface area contributed by atoms with E-state index < -0.39 is 17.8 Å². The summed E-state index contributed by atoms with van der Waals surface area (Å²) in [7, 11) is 0. The monoisotopic (exact) mass is 337 g/mol. The van der Waals surface area contributed by atoms with Gasteiger partial charge in [0.2, 0.25) is 5.91 Å². The van der Waals surface area contributed by atoms with E-state index in [9.17, 15) is 14.7 Å². The fraction of sp³-hybridized carbons (Fsp3) is 0.300. The first kappa shape index (κ1) is 15.7. The van der Waals surface area contributed by atoms with Crippen molar-refractivity contribution in [3.63, 3.8) is 0 Å². The molecule has 4 rings (SSSR count). The molecule has 0 saturated heterocycles. The van der Waals surface area contributed by atoms with Crippen molar-refractivity contribution in [2.24, 2.45) is 23.7 Å². The van der Waals surface area contributed by atoms with Crippen LogP contribution in [-0.2, 0) is 9.59 Å². The predicted molar refractivity (Wildman–Crippen MR) is 92.9 cm³/mol. The fourth-order valence-electron chi connectivity index (χ4n) is 4.05. The summed E-state index contributed by atoms with van der Waals surface area (Å²) in [5, 5.41) is 12.3. The van der Waals surface area contributed by atoms with Crippen LogP contribution in [0, 0.1) is 30.6 Å². The van der Waals surface area contributed by atoms with Gasteiger partial charge < -0.3 is 14.8 Å². The highest BCUT2D eigenvalue weighted by Gasteiger charge is 2.51. The van der Waals surface area contributed by atoms with E-state index in [0.29, 0.717) is 5.69 Å². The molecule has 1 heterocycles. The Morgan fingerprint density at radius 1 is 1.04 bits per heavy atom. The molecule has 1 fully saturated rings. The molecule has 5 heteroatoms.